The fraction of sp³-hybridized carbons (Fsp3) is 0.400. The summed E-state index contributed by atoms with van der Waals surface area (Å²) in [6.45, 7) is 1.85. The molecular weight excluding hydrogens is 167 g/mol. The van der Waals surface area contributed by atoms with E-state index < -0.39 is 0 Å². The summed E-state index contributed by atoms with van der Waals surface area (Å²) in [6, 6.07) is 4.83. The Morgan fingerprint density at radius 3 is 2.38 bits per heavy atom. The molecule has 0 spiro atoms. The molecule has 0 aliphatic rings. The van der Waals surface area contributed by atoms with Crippen LogP contribution in [0.3, 0.4) is 0 Å². The van der Waals surface area contributed by atoms with E-state index in [9.17, 15) is 4.39 Å². The van der Waals surface area contributed by atoms with Crippen LogP contribution in [-0.2, 0) is 0 Å². The van der Waals surface area contributed by atoms with Gasteiger partial charge in [0.1, 0.15) is 5.82 Å². The van der Waals surface area contributed by atoms with Crippen molar-refractivity contribution in [2.24, 2.45) is 5.73 Å². The number of halogens is 1. The molecule has 1 aromatic rings. The molecule has 0 saturated heterocycles. The molecule has 1 atom stereocenters. The van der Waals surface area contributed by atoms with Crippen LogP contribution in [0.25, 0.3) is 0 Å². The Balaban J connectivity index is 3.26. The van der Waals surface area contributed by atoms with E-state index in [0.29, 0.717) is 5.69 Å². The first-order chi connectivity index (χ1) is 6.04. The average Bonchev–Trinajstić information content (AvgIpc) is 2.02. The normalized spacial score (nSPS) is 12.7. The SMILES string of the molecule is C[C@H](N)c1cccc(F)c1N(C)C. The van der Waals surface area contributed by atoms with Crippen LogP contribution < -0.4 is 10.6 Å². The number of nitrogens with zero attached hydrogens (tertiary/aromatic N) is 1. The van der Waals surface area contributed by atoms with Crippen molar-refractivity contribution < 1.29 is 4.39 Å². The summed E-state index contributed by atoms with van der Waals surface area (Å²) in [5.41, 5.74) is 7.15. The second kappa shape index (κ2) is 3.75. The predicted molar refractivity (Wildman–Crippen MR) is 53.3 cm³/mol. The summed E-state index contributed by atoms with van der Waals surface area (Å²) in [4.78, 5) is 1.74. The molecule has 0 radical (unpaired) electrons. The largest absolute Gasteiger partial charge is 0.375 e. The van der Waals surface area contributed by atoms with Gasteiger partial charge in [-0.3, -0.25) is 0 Å². The molecule has 0 aliphatic heterocycles. The van der Waals surface area contributed by atoms with Crippen molar-refractivity contribution in [3.63, 3.8) is 0 Å². The van der Waals surface area contributed by atoms with Gasteiger partial charge in [0.05, 0.1) is 5.69 Å². The van der Waals surface area contributed by atoms with E-state index in [1.165, 1.54) is 6.07 Å². The molecular formula is C10H15FN2. The third kappa shape index (κ3) is 1.98. The Labute approximate surface area is 78.2 Å². The smallest absolute Gasteiger partial charge is 0.146 e. The number of nitrogens with two attached hydrogens (primary N) is 1. The average molecular weight is 182 g/mol. The Hall–Kier alpha value is -1.09. The monoisotopic (exact) mass is 182 g/mol. The highest BCUT2D eigenvalue weighted by atomic mass is 19.1. The van der Waals surface area contributed by atoms with Crippen molar-refractivity contribution in [3.8, 4) is 0 Å². The lowest BCUT2D eigenvalue weighted by molar-refractivity contribution is 0.620. The summed E-state index contributed by atoms with van der Waals surface area (Å²) >= 11 is 0. The molecule has 0 aliphatic carbocycles. The molecule has 0 aromatic heterocycles. The highest BCUT2D eigenvalue weighted by Gasteiger charge is 2.12. The van der Waals surface area contributed by atoms with Gasteiger partial charge in [-0.1, -0.05) is 12.1 Å². The molecule has 13 heavy (non-hydrogen) atoms. The Morgan fingerprint density at radius 2 is 2.00 bits per heavy atom. The third-order valence-electron chi connectivity index (χ3n) is 1.96. The van der Waals surface area contributed by atoms with Crippen molar-refractivity contribution in [2.75, 3.05) is 19.0 Å². The molecule has 3 heteroatoms. The molecule has 2 N–H and O–H groups in total. The van der Waals surface area contributed by atoms with Crippen molar-refractivity contribution in [1.82, 2.24) is 0 Å². The first kappa shape index (κ1) is 9.99. The Kier molecular flexibility index (Phi) is 2.88. The maximum atomic E-state index is 13.4. The molecule has 0 amide bonds. The van der Waals surface area contributed by atoms with Crippen molar-refractivity contribution in [2.45, 2.75) is 13.0 Å². The fourth-order valence-corrected chi connectivity index (χ4v) is 1.37. The lowest BCUT2D eigenvalue weighted by Crippen LogP contribution is -2.17. The van der Waals surface area contributed by atoms with E-state index in [0.717, 1.165) is 5.56 Å². The molecule has 0 bridgehead atoms. The zero-order chi connectivity index (χ0) is 10.0. The topological polar surface area (TPSA) is 29.3 Å². The summed E-state index contributed by atoms with van der Waals surface area (Å²) in [5.74, 6) is -0.222. The maximum absolute atomic E-state index is 13.4. The Bertz CT molecular complexity index is 295. The third-order valence-corrected chi connectivity index (χ3v) is 1.96. The second-order valence-corrected chi connectivity index (χ2v) is 3.36. The standard InChI is InChI=1S/C10H15FN2/c1-7(12)8-5-4-6-9(11)10(8)13(2)3/h4-7H,12H2,1-3H3/t7-/m0/s1. The van der Waals surface area contributed by atoms with Gasteiger partial charge in [0, 0.05) is 20.1 Å². The molecule has 0 fully saturated rings. The first-order valence-electron chi connectivity index (χ1n) is 4.25. The van der Waals surface area contributed by atoms with E-state index >= 15 is 0 Å². The lowest BCUT2D eigenvalue weighted by atomic mass is 10.1. The number of anilines is 1. The number of rotatable bonds is 2. The van der Waals surface area contributed by atoms with Crippen LogP contribution in [0.15, 0.2) is 18.2 Å². The van der Waals surface area contributed by atoms with Gasteiger partial charge in [-0.25, -0.2) is 4.39 Å². The van der Waals surface area contributed by atoms with Gasteiger partial charge < -0.3 is 10.6 Å². The van der Waals surface area contributed by atoms with Gasteiger partial charge in [0.25, 0.3) is 0 Å². The molecule has 72 valence electrons. The van der Waals surface area contributed by atoms with Gasteiger partial charge in [-0.05, 0) is 18.6 Å². The molecule has 0 unspecified atom stereocenters. The molecule has 1 rings (SSSR count). The summed E-state index contributed by atoms with van der Waals surface area (Å²) in [5, 5.41) is 0. The van der Waals surface area contributed by atoms with Crippen LogP contribution >= 0.6 is 0 Å². The van der Waals surface area contributed by atoms with E-state index in [1.54, 1.807) is 11.0 Å². The molecule has 0 saturated carbocycles. The first-order valence-corrected chi connectivity index (χ1v) is 4.25. The van der Waals surface area contributed by atoms with Gasteiger partial charge in [0.15, 0.2) is 0 Å². The second-order valence-electron chi connectivity index (χ2n) is 3.36. The number of hydrogen-bond donors (Lipinski definition) is 1. The van der Waals surface area contributed by atoms with Crippen LogP contribution in [0.4, 0.5) is 10.1 Å². The van der Waals surface area contributed by atoms with Crippen LogP contribution in [0.5, 0.6) is 0 Å². The minimum absolute atomic E-state index is 0.145. The van der Waals surface area contributed by atoms with Gasteiger partial charge >= 0.3 is 0 Å². The van der Waals surface area contributed by atoms with Crippen LogP contribution in [-0.4, -0.2) is 14.1 Å². The van der Waals surface area contributed by atoms with E-state index in [2.05, 4.69) is 0 Å². The fourth-order valence-electron chi connectivity index (χ4n) is 1.37. The van der Waals surface area contributed by atoms with Crippen molar-refractivity contribution in [1.29, 1.82) is 0 Å². The number of benzene rings is 1. The summed E-state index contributed by atoms with van der Waals surface area (Å²) < 4.78 is 13.4. The van der Waals surface area contributed by atoms with Crippen LogP contribution in [0.1, 0.15) is 18.5 Å². The van der Waals surface area contributed by atoms with Crippen molar-refractivity contribution >= 4 is 5.69 Å². The van der Waals surface area contributed by atoms with Crippen molar-refractivity contribution in [3.05, 3.63) is 29.6 Å². The molecule has 1 aromatic carbocycles. The maximum Gasteiger partial charge on any atom is 0.146 e. The number of para-hydroxylation sites is 1. The summed E-state index contributed by atoms with van der Waals surface area (Å²) in [7, 11) is 3.62. The van der Waals surface area contributed by atoms with Gasteiger partial charge in [-0.2, -0.15) is 0 Å². The van der Waals surface area contributed by atoms with Gasteiger partial charge in [0.2, 0.25) is 0 Å². The van der Waals surface area contributed by atoms with Crippen LogP contribution in [0.2, 0.25) is 0 Å². The van der Waals surface area contributed by atoms with Crippen LogP contribution in [0, 0.1) is 5.82 Å². The lowest BCUT2D eigenvalue weighted by Gasteiger charge is -2.20. The zero-order valence-corrected chi connectivity index (χ0v) is 8.21. The number of hydrogen-bond acceptors (Lipinski definition) is 2. The molecule has 2 nitrogen and oxygen atoms in total. The zero-order valence-electron chi connectivity index (χ0n) is 8.21. The quantitative estimate of drug-likeness (QED) is 0.757. The highest BCUT2D eigenvalue weighted by Crippen LogP contribution is 2.26. The van der Waals surface area contributed by atoms with E-state index in [1.807, 2.05) is 27.1 Å². The van der Waals surface area contributed by atoms with Gasteiger partial charge in [-0.15, -0.1) is 0 Å². The predicted octanol–water partition coefficient (Wildman–Crippen LogP) is 1.91. The minimum Gasteiger partial charge on any atom is -0.375 e. The summed E-state index contributed by atoms with van der Waals surface area (Å²) in [6.07, 6.45) is 0. The Morgan fingerprint density at radius 1 is 1.38 bits per heavy atom. The minimum atomic E-state index is -0.222. The highest BCUT2D eigenvalue weighted by molar-refractivity contribution is 5.54. The molecule has 0 heterocycles. The van der Waals surface area contributed by atoms with E-state index in [4.69, 9.17) is 5.73 Å². The van der Waals surface area contributed by atoms with E-state index in [-0.39, 0.29) is 11.9 Å².